The van der Waals surface area contributed by atoms with Gasteiger partial charge in [-0.25, -0.2) is 4.68 Å². The lowest BCUT2D eigenvalue weighted by Gasteiger charge is -2.28. The lowest BCUT2D eigenvalue weighted by molar-refractivity contribution is -0.115. The lowest BCUT2D eigenvalue weighted by Crippen LogP contribution is -2.36. The number of morpholine rings is 1. The monoisotopic (exact) mass is 430 g/mol. The zero-order valence-electron chi connectivity index (χ0n) is 17.4. The molecule has 1 aromatic heterocycles. The van der Waals surface area contributed by atoms with Crippen LogP contribution in [-0.4, -0.2) is 52.3 Å². The van der Waals surface area contributed by atoms with Crippen LogP contribution in [0.3, 0.4) is 0 Å². The van der Waals surface area contributed by atoms with Crippen LogP contribution in [-0.2, 0) is 9.53 Å². The van der Waals surface area contributed by atoms with Crippen LogP contribution in [0.5, 0.6) is 0 Å². The summed E-state index contributed by atoms with van der Waals surface area (Å²) in [6.07, 6.45) is 5.92. The standard InChI is InChI=1S/C21H30N6O2S/c1-15(30-21-25-24-19(27(21)22)16-5-3-2-4-6-16)20(28)23-17-7-9-18(10-8-17)26-11-13-29-14-12-26/h7-10,15-16H,2-6,11-14,22H2,1H3,(H,23,28). The van der Waals surface area contributed by atoms with Crippen LogP contribution < -0.4 is 16.1 Å². The van der Waals surface area contributed by atoms with Crippen molar-refractivity contribution in [3.63, 3.8) is 0 Å². The molecule has 1 saturated carbocycles. The second-order valence-electron chi connectivity index (χ2n) is 7.94. The molecule has 2 aromatic rings. The van der Waals surface area contributed by atoms with E-state index in [0.29, 0.717) is 11.1 Å². The lowest BCUT2D eigenvalue weighted by atomic mass is 9.89. The molecule has 0 radical (unpaired) electrons. The van der Waals surface area contributed by atoms with Gasteiger partial charge in [0.2, 0.25) is 11.1 Å². The van der Waals surface area contributed by atoms with E-state index in [1.165, 1.54) is 31.0 Å². The number of amides is 1. The Balaban J connectivity index is 1.33. The third-order valence-corrected chi connectivity index (χ3v) is 6.88. The van der Waals surface area contributed by atoms with Gasteiger partial charge >= 0.3 is 0 Å². The summed E-state index contributed by atoms with van der Waals surface area (Å²) in [6, 6.07) is 7.94. The molecule has 8 nitrogen and oxygen atoms in total. The first-order valence-electron chi connectivity index (χ1n) is 10.7. The van der Waals surface area contributed by atoms with Gasteiger partial charge in [0.05, 0.1) is 18.5 Å². The van der Waals surface area contributed by atoms with E-state index in [1.807, 2.05) is 31.2 Å². The minimum Gasteiger partial charge on any atom is -0.378 e. The molecule has 1 aromatic carbocycles. The highest BCUT2D eigenvalue weighted by molar-refractivity contribution is 8.00. The van der Waals surface area contributed by atoms with E-state index < -0.39 is 0 Å². The molecule has 1 aliphatic carbocycles. The van der Waals surface area contributed by atoms with Gasteiger partial charge in [-0.2, -0.15) is 0 Å². The number of aromatic nitrogens is 3. The topological polar surface area (TPSA) is 98.3 Å². The Labute approximate surface area is 181 Å². The molecule has 1 unspecified atom stereocenters. The number of anilines is 2. The quantitative estimate of drug-likeness (QED) is 0.537. The maximum Gasteiger partial charge on any atom is 0.237 e. The van der Waals surface area contributed by atoms with Crippen molar-refractivity contribution in [3.8, 4) is 0 Å². The highest BCUT2D eigenvalue weighted by atomic mass is 32.2. The Bertz CT molecular complexity index is 844. The first-order chi connectivity index (χ1) is 14.6. The van der Waals surface area contributed by atoms with Gasteiger partial charge in [-0.1, -0.05) is 31.0 Å². The van der Waals surface area contributed by atoms with Crippen molar-refractivity contribution in [1.82, 2.24) is 14.9 Å². The SMILES string of the molecule is CC(Sc1nnc(C2CCCCC2)n1N)C(=O)Nc1ccc(N2CCOCC2)cc1. The van der Waals surface area contributed by atoms with Crippen molar-refractivity contribution in [1.29, 1.82) is 0 Å². The summed E-state index contributed by atoms with van der Waals surface area (Å²) in [5.41, 5.74) is 1.92. The number of nitrogens with one attached hydrogen (secondary N) is 1. The number of benzene rings is 1. The number of hydrogen-bond acceptors (Lipinski definition) is 7. The Kier molecular flexibility index (Phi) is 6.79. The zero-order valence-corrected chi connectivity index (χ0v) is 18.2. The fourth-order valence-electron chi connectivity index (χ4n) is 4.04. The summed E-state index contributed by atoms with van der Waals surface area (Å²) < 4.78 is 6.97. The van der Waals surface area contributed by atoms with Gasteiger partial charge in [-0.15, -0.1) is 10.2 Å². The highest BCUT2D eigenvalue weighted by Gasteiger charge is 2.25. The van der Waals surface area contributed by atoms with Crippen molar-refractivity contribution in [2.24, 2.45) is 0 Å². The van der Waals surface area contributed by atoms with Crippen LogP contribution in [0.4, 0.5) is 11.4 Å². The smallest absolute Gasteiger partial charge is 0.237 e. The molecule has 1 saturated heterocycles. The van der Waals surface area contributed by atoms with Crippen molar-refractivity contribution >= 4 is 29.0 Å². The normalized spacial score (nSPS) is 18.9. The summed E-state index contributed by atoms with van der Waals surface area (Å²) in [5.74, 6) is 7.38. The van der Waals surface area contributed by atoms with Gasteiger partial charge in [0.25, 0.3) is 0 Å². The minimum atomic E-state index is -0.338. The van der Waals surface area contributed by atoms with E-state index in [4.69, 9.17) is 10.6 Å². The van der Waals surface area contributed by atoms with Gasteiger partial charge < -0.3 is 20.8 Å². The zero-order chi connectivity index (χ0) is 20.9. The average molecular weight is 431 g/mol. The number of nitrogens with two attached hydrogens (primary N) is 1. The largest absolute Gasteiger partial charge is 0.378 e. The molecule has 3 N–H and O–H groups in total. The predicted molar refractivity (Wildman–Crippen MR) is 119 cm³/mol. The molecule has 0 spiro atoms. The summed E-state index contributed by atoms with van der Waals surface area (Å²) in [5, 5.41) is 11.8. The van der Waals surface area contributed by atoms with Crippen molar-refractivity contribution in [2.75, 3.05) is 42.4 Å². The van der Waals surface area contributed by atoms with Crippen LogP contribution in [0.25, 0.3) is 0 Å². The molecule has 1 aliphatic heterocycles. The molecule has 1 atom stereocenters. The van der Waals surface area contributed by atoms with E-state index in [0.717, 1.165) is 56.3 Å². The summed E-state index contributed by atoms with van der Waals surface area (Å²) in [6.45, 7) is 5.14. The van der Waals surface area contributed by atoms with Crippen LogP contribution >= 0.6 is 11.8 Å². The highest BCUT2D eigenvalue weighted by Crippen LogP contribution is 2.33. The molecular weight excluding hydrogens is 400 g/mol. The molecule has 162 valence electrons. The number of nitrogen functional groups attached to an aromatic ring is 1. The molecule has 2 heterocycles. The molecule has 0 bridgehead atoms. The van der Waals surface area contributed by atoms with Gasteiger partial charge in [0.1, 0.15) is 0 Å². The predicted octanol–water partition coefficient (Wildman–Crippen LogP) is 3.00. The number of hydrogen-bond donors (Lipinski definition) is 2. The fourth-order valence-corrected chi connectivity index (χ4v) is 4.82. The van der Waals surface area contributed by atoms with Crippen LogP contribution in [0.1, 0.15) is 50.8 Å². The van der Waals surface area contributed by atoms with E-state index in [9.17, 15) is 4.79 Å². The Morgan fingerprint density at radius 2 is 1.87 bits per heavy atom. The number of rotatable bonds is 6. The van der Waals surface area contributed by atoms with Gasteiger partial charge in [-0.3, -0.25) is 4.79 Å². The van der Waals surface area contributed by atoms with Crippen LogP contribution in [0.15, 0.2) is 29.4 Å². The summed E-state index contributed by atoms with van der Waals surface area (Å²) in [7, 11) is 0. The molecule has 9 heteroatoms. The number of thioether (sulfide) groups is 1. The second kappa shape index (κ2) is 9.70. The molecule has 2 aliphatic rings. The molecule has 2 fully saturated rings. The van der Waals surface area contributed by atoms with Crippen molar-refractivity contribution in [2.45, 2.75) is 55.4 Å². The van der Waals surface area contributed by atoms with E-state index >= 15 is 0 Å². The van der Waals surface area contributed by atoms with Crippen molar-refractivity contribution < 1.29 is 9.53 Å². The average Bonchev–Trinajstić information content (AvgIpc) is 3.15. The second-order valence-corrected chi connectivity index (χ2v) is 9.25. The van der Waals surface area contributed by atoms with Crippen molar-refractivity contribution in [3.05, 3.63) is 30.1 Å². The van der Waals surface area contributed by atoms with Gasteiger partial charge in [0, 0.05) is 30.4 Å². The Hall–Kier alpha value is -2.26. The summed E-state index contributed by atoms with van der Waals surface area (Å²) in [4.78, 5) is 14.9. The first kappa shape index (κ1) is 21.0. The molecule has 1 amide bonds. The first-order valence-corrected chi connectivity index (χ1v) is 11.6. The number of carbonyl (C=O) groups is 1. The Morgan fingerprint density at radius 3 is 2.57 bits per heavy atom. The maximum absolute atomic E-state index is 12.7. The van der Waals surface area contributed by atoms with E-state index in [2.05, 4.69) is 20.4 Å². The third kappa shape index (κ3) is 4.89. The number of nitrogens with zero attached hydrogens (tertiary/aromatic N) is 4. The molecular formula is C21H30N6O2S. The summed E-state index contributed by atoms with van der Waals surface area (Å²) >= 11 is 1.34. The van der Waals surface area contributed by atoms with Crippen LogP contribution in [0.2, 0.25) is 0 Å². The molecule has 4 rings (SSSR count). The van der Waals surface area contributed by atoms with Crippen LogP contribution in [0, 0.1) is 0 Å². The van der Waals surface area contributed by atoms with E-state index in [1.54, 1.807) is 4.68 Å². The minimum absolute atomic E-state index is 0.0821. The van der Waals surface area contributed by atoms with Gasteiger partial charge in [-0.05, 0) is 44.0 Å². The number of carbonyl (C=O) groups excluding carboxylic acids is 1. The molecule has 30 heavy (non-hydrogen) atoms. The number of ether oxygens (including phenoxy) is 1. The third-order valence-electron chi connectivity index (χ3n) is 5.82. The van der Waals surface area contributed by atoms with Gasteiger partial charge in [0.15, 0.2) is 5.82 Å². The maximum atomic E-state index is 12.7. The fraction of sp³-hybridized carbons (Fsp3) is 0.571. The van der Waals surface area contributed by atoms with E-state index in [-0.39, 0.29) is 11.2 Å². The Morgan fingerprint density at radius 1 is 1.17 bits per heavy atom.